The van der Waals surface area contributed by atoms with Crippen LogP contribution >= 0.6 is 0 Å². The summed E-state index contributed by atoms with van der Waals surface area (Å²) in [4.78, 5) is 11.1. The average Bonchev–Trinajstić information content (AvgIpc) is 2.75. The molecule has 2 atom stereocenters. The van der Waals surface area contributed by atoms with Crippen LogP contribution in [0.4, 0.5) is 0 Å². The van der Waals surface area contributed by atoms with Gasteiger partial charge in [-0.25, -0.2) is 0 Å². The summed E-state index contributed by atoms with van der Waals surface area (Å²) in [7, 11) is 0. The molecule has 4 nitrogen and oxygen atoms in total. The molecule has 1 saturated carbocycles. The highest BCUT2D eigenvalue weighted by atomic mass is 16.1. The Bertz CT molecular complexity index is 294. The van der Waals surface area contributed by atoms with Crippen LogP contribution in [-0.4, -0.2) is 20.5 Å². The minimum Gasteiger partial charge on any atom is -0.317 e. The summed E-state index contributed by atoms with van der Waals surface area (Å²) in [6.45, 7) is 1.68. The normalized spacial score (nSPS) is 27.8. The maximum atomic E-state index is 11.1. The van der Waals surface area contributed by atoms with Gasteiger partial charge in [-0.05, 0) is 26.2 Å². The first-order valence-electron chi connectivity index (χ1n) is 4.62. The standard InChI is InChI=1S/C9H13N3O/c1-7(13)8-2-3-9(4-8)12-5-10-11-6-12/h5-6,8-9H,2-4H2,1H3/t8?,9-/m1/s1. The molecule has 1 aromatic heterocycles. The van der Waals surface area contributed by atoms with Crippen LogP contribution in [0, 0.1) is 5.92 Å². The van der Waals surface area contributed by atoms with Crippen LogP contribution in [0.5, 0.6) is 0 Å². The SMILES string of the molecule is CC(=O)C1CC[C@@H](n2cnnc2)C1. The fourth-order valence-electron chi connectivity index (χ4n) is 1.99. The molecule has 4 heteroatoms. The number of ketones is 1. The monoisotopic (exact) mass is 179 g/mol. The molecule has 0 saturated heterocycles. The zero-order valence-corrected chi connectivity index (χ0v) is 7.68. The number of Topliss-reactive ketones (excluding diaryl/α,β-unsaturated/α-hetero) is 1. The second-order valence-electron chi connectivity index (χ2n) is 3.68. The molecular formula is C9H13N3O. The molecule has 1 aliphatic rings. The molecule has 0 N–H and O–H groups in total. The van der Waals surface area contributed by atoms with Crippen molar-refractivity contribution < 1.29 is 4.79 Å². The quantitative estimate of drug-likeness (QED) is 0.685. The number of rotatable bonds is 2. The number of nitrogens with zero attached hydrogens (tertiary/aromatic N) is 3. The first-order chi connectivity index (χ1) is 6.27. The van der Waals surface area contributed by atoms with Crippen LogP contribution in [0.3, 0.4) is 0 Å². The van der Waals surface area contributed by atoms with E-state index in [0.29, 0.717) is 11.8 Å². The summed E-state index contributed by atoms with van der Waals surface area (Å²) >= 11 is 0. The van der Waals surface area contributed by atoms with Gasteiger partial charge in [0.15, 0.2) is 0 Å². The maximum Gasteiger partial charge on any atom is 0.132 e. The second kappa shape index (κ2) is 3.28. The smallest absolute Gasteiger partial charge is 0.132 e. The van der Waals surface area contributed by atoms with Crippen molar-refractivity contribution in [3.63, 3.8) is 0 Å². The lowest BCUT2D eigenvalue weighted by atomic mass is 10.0. The fourth-order valence-corrected chi connectivity index (χ4v) is 1.99. The third kappa shape index (κ3) is 1.61. The molecule has 1 fully saturated rings. The van der Waals surface area contributed by atoms with E-state index in [2.05, 4.69) is 10.2 Å². The third-order valence-corrected chi connectivity index (χ3v) is 2.84. The lowest BCUT2D eigenvalue weighted by Gasteiger charge is -2.09. The summed E-state index contributed by atoms with van der Waals surface area (Å²) in [5.41, 5.74) is 0. The van der Waals surface area contributed by atoms with Crippen molar-refractivity contribution in [2.24, 2.45) is 5.92 Å². The topological polar surface area (TPSA) is 47.8 Å². The predicted molar refractivity (Wildman–Crippen MR) is 47.1 cm³/mol. The summed E-state index contributed by atoms with van der Waals surface area (Å²) in [5, 5.41) is 7.53. The Labute approximate surface area is 77.0 Å². The van der Waals surface area contributed by atoms with E-state index in [1.54, 1.807) is 19.6 Å². The van der Waals surface area contributed by atoms with Gasteiger partial charge in [-0.3, -0.25) is 4.79 Å². The average molecular weight is 179 g/mol. The zero-order valence-electron chi connectivity index (χ0n) is 7.68. The summed E-state index contributed by atoms with van der Waals surface area (Å²) in [6, 6.07) is 0.434. The number of hydrogen-bond acceptors (Lipinski definition) is 3. The summed E-state index contributed by atoms with van der Waals surface area (Å²) < 4.78 is 2.00. The van der Waals surface area contributed by atoms with Crippen molar-refractivity contribution in [3.8, 4) is 0 Å². The molecule has 13 heavy (non-hydrogen) atoms. The largest absolute Gasteiger partial charge is 0.317 e. The highest BCUT2D eigenvalue weighted by Gasteiger charge is 2.28. The van der Waals surface area contributed by atoms with Gasteiger partial charge in [-0.2, -0.15) is 0 Å². The highest BCUT2D eigenvalue weighted by Crippen LogP contribution is 2.34. The van der Waals surface area contributed by atoms with Crippen molar-refractivity contribution in [2.75, 3.05) is 0 Å². The van der Waals surface area contributed by atoms with Gasteiger partial charge in [0.1, 0.15) is 18.4 Å². The van der Waals surface area contributed by atoms with Gasteiger partial charge < -0.3 is 4.57 Å². The van der Waals surface area contributed by atoms with Gasteiger partial charge in [-0.1, -0.05) is 0 Å². The molecule has 1 aromatic rings. The molecule has 0 radical (unpaired) electrons. The van der Waals surface area contributed by atoms with Gasteiger partial charge in [0.05, 0.1) is 0 Å². The third-order valence-electron chi connectivity index (χ3n) is 2.84. The van der Waals surface area contributed by atoms with Crippen LogP contribution in [0.1, 0.15) is 32.2 Å². The summed E-state index contributed by atoms with van der Waals surface area (Å²) in [6.07, 6.45) is 6.49. The Balaban J connectivity index is 2.03. The fraction of sp³-hybridized carbons (Fsp3) is 0.667. The molecule has 0 spiro atoms. The van der Waals surface area contributed by atoms with Crippen molar-refractivity contribution >= 4 is 5.78 Å². The highest BCUT2D eigenvalue weighted by molar-refractivity contribution is 5.78. The van der Waals surface area contributed by atoms with Crippen LogP contribution in [0.15, 0.2) is 12.7 Å². The number of carbonyl (C=O) groups is 1. The molecule has 0 bridgehead atoms. The first-order valence-corrected chi connectivity index (χ1v) is 4.62. The molecular weight excluding hydrogens is 166 g/mol. The van der Waals surface area contributed by atoms with Crippen LogP contribution in [-0.2, 0) is 4.79 Å². The van der Waals surface area contributed by atoms with E-state index < -0.39 is 0 Å². The minimum absolute atomic E-state index is 0.257. The molecule has 1 heterocycles. The maximum absolute atomic E-state index is 11.1. The van der Waals surface area contributed by atoms with E-state index in [1.807, 2.05) is 4.57 Å². The molecule has 1 unspecified atom stereocenters. The molecule has 70 valence electrons. The van der Waals surface area contributed by atoms with E-state index in [9.17, 15) is 4.79 Å². The van der Waals surface area contributed by atoms with Crippen LogP contribution < -0.4 is 0 Å². The van der Waals surface area contributed by atoms with Gasteiger partial charge in [0.2, 0.25) is 0 Å². The Morgan fingerprint density at radius 3 is 2.62 bits per heavy atom. The first kappa shape index (κ1) is 8.41. The minimum atomic E-state index is 0.257. The van der Waals surface area contributed by atoms with Gasteiger partial charge in [0, 0.05) is 12.0 Å². The predicted octanol–water partition coefficient (Wildman–Crippen LogP) is 1.21. The number of carbonyl (C=O) groups excluding carboxylic acids is 1. The molecule has 1 aliphatic carbocycles. The zero-order chi connectivity index (χ0) is 9.26. The van der Waals surface area contributed by atoms with Crippen LogP contribution in [0.2, 0.25) is 0 Å². The van der Waals surface area contributed by atoms with Crippen molar-refractivity contribution in [2.45, 2.75) is 32.2 Å². The van der Waals surface area contributed by atoms with Gasteiger partial charge in [-0.15, -0.1) is 10.2 Å². The summed E-state index contributed by atoms with van der Waals surface area (Å²) in [5.74, 6) is 0.572. The molecule has 2 rings (SSSR count). The Hall–Kier alpha value is -1.19. The lowest BCUT2D eigenvalue weighted by Crippen LogP contribution is -2.08. The van der Waals surface area contributed by atoms with E-state index in [4.69, 9.17) is 0 Å². The molecule has 0 aromatic carbocycles. The van der Waals surface area contributed by atoms with E-state index >= 15 is 0 Å². The van der Waals surface area contributed by atoms with E-state index in [1.165, 1.54) is 0 Å². The lowest BCUT2D eigenvalue weighted by molar-refractivity contribution is -0.120. The van der Waals surface area contributed by atoms with Crippen molar-refractivity contribution in [3.05, 3.63) is 12.7 Å². The molecule has 0 aliphatic heterocycles. The second-order valence-corrected chi connectivity index (χ2v) is 3.68. The van der Waals surface area contributed by atoms with E-state index in [-0.39, 0.29) is 5.92 Å². The van der Waals surface area contributed by atoms with Gasteiger partial charge in [0.25, 0.3) is 0 Å². The van der Waals surface area contributed by atoms with Crippen molar-refractivity contribution in [1.29, 1.82) is 0 Å². The number of hydrogen-bond donors (Lipinski definition) is 0. The van der Waals surface area contributed by atoms with Gasteiger partial charge >= 0.3 is 0 Å². The Morgan fingerprint density at radius 2 is 2.08 bits per heavy atom. The Kier molecular flexibility index (Phi) is 2.12. The van der Waals surface area contributed by atoms with E-state index in [0.717, 1.165) is 19.3 Å². The van der Waals surface area contributed by atoms with Crippen LogP contribution in [0.25, 0.3) is 0 Å². The Morgan fingerprint density at radius 1 is 1.38 bits per heavy atom. The van der Waals surface area contributed by atoms with Crippen molar-refractivity contribution in [1.82, 2.24) is 14.8 Å². The number of aromatic nitrogens is 3. The molecule has 0 amide bonds.